The van der Waals surface area contributed by atoms with E-state index in [1.165, 1.54) is 10.5 Å². The van der Waals surface area contributed by atoms with Gasteiger partial charge in [0.05, 0.1) is 6.04 Å². The van der Waals surface area contributed by atoms with Crippen molar-refractivity contribution in [3.8, 4) is 0 Å². The van der Waals surface area contributed by atoms with Crippen LogP contribution in [-0.2, 0) is 16.8 Å². The molecule has 2 rings (SSSR count). The van der Waals surface area contributed by atoms with Crippen LogP contribution in [0.15, 0.2) is 24.3 Å². The minimum Gasteiger partial charge on any atom is -0.336 e. The number of benzene rings is 1. The van der Waals surface area contributed by atoms with Crippen LogP contribution in [0.25, 0.3) is 0 Å². The molecule has 0 radical (unpaired) electrons. The Morgan fingerprint density at radius 1 is 1.30 bits per heavy atom. The summed E-state index contributed by atoms with van der Waals surface area (Å²) >= 11 is 0. The SMILES string of the molecule is C[C@H](C(=O)N1CCNC1=O)N(C)Cc1ccc(C(C)(C)C)cc1. The zero-order valence-electron chi connectivity index (χ0n) is 14.7. The lowest BCUT2D eigenvalue weighted by Crippen LogP contribution is -2.46. The van der Waals surface area contributed by atoms with Crippen LogP contribution in [0.5, 0.6) is 0 Å². The van der Waals surface area contributed by atoms with Gasteiger partial charge in [0.25, 0.3) is 0 Å². The third kappa shape index (κ3) is 4.10. The Kier molecular flexibility index (Phi) is 5.09. The number of amides is 3. The first kappa shape index (κ1) is 17.5. The third-order valence-corrected chi connectivity index (χ3v) is 4.39. The zero-order chi connectivity index (χ0) is 17.2. The molecule has 1 aromatic rings. The van der Waals surface area contributed by atoms with E-state index in [4.69, 9.17) is 0 Å². The van der Waals surface area contributed by atoms with E-state index in [-0.39, 0.29) is 23.4 Å². The van der Waals surface area contributed by atoms with E-state index in [9.17, 15) is 9.59 Å². The Labute approximate surface area is 138 Å². The van der Waals surface area contributed by atoms with Crippen molar-refractivity contribution >= 4 is 11.9 Å². The predicted molar refractivity (Wildman–Crippen MR) is 91.2 cm³/mol. The zero-order valence-corrected chi connectivity index (χ0v) is 14.7. The topological polar surface area (TPSA) is 52.7 Å². The fraction of sp³-hybridized carbons (Fsp3) is 0.556. The molecule has 0 aromatic heterocycles. The highest BCUT2D eigenvalue weighted by molar-refractivity contribution is 5.98. The maximum Gasteiger partial charge on any atom is 0.324 e. The van der Waals surface area contributed by atoms with Gasteiger partial charge in [-0.3, -0.25) is 14.6 Å². The van der Waals surface area contributed by atoms with E-state index in [0.29, 0.717) is 19.6 Å². The fourth-order valence-corrected chi connectivity index (χ4v) is 2.63. The van der Waals surface area contributed by atoms with Gasteiger partial charge in [0.2, 0.25) is 5.91 Å². The highest BCUT2D eigenvalue weighted by atomic mass is 16.2. The van der Waals surface area contributed by atoms with Gasteiger partial charge in [0.15, 0.2) is 0 Å². The second-order valence-corrected chi connectivity index (χ2v) is 7.26. The summed E-state index contributed by atoms with van der Waals surface area (Å²) in [6.07, 6.45) is 0. The van der Waals surface area contributed by atoms with Crippen molar-refractivity contribution in [1.82, 2.24) is 15.1 Å². The summed E-state index contributed by atoms with van der Waals surface area (Å²) in [6.45, 7) is 10.1. The highest BCUT2D eigenvalue weighted by Crippen LogP contribution is 2.22. The number of hydrogen-bond acceptors (Lipinski definition) is 3. The van der Waals surface area contributed by atoms with Gasteiger partial charge in [0, 0.05) is 19.6 Å². The maximum atomic E-state index is 12.4. The van der Waals surface area contributed by atoms with Gasteiger partial charge in [0.1, 0.15) is 0 Å². The maximum absolute atomic E-state index is 12.4. The van der Waals surface area contributed by atoms with Crippen LogP contribution >= 0.6 is 0 Å². The molecule has 5 heteroatoms. The Morgan fingerprint density at radius 3 is 2.39 bits per heavy atom. The number of rotatable bonds is 4. The first-order chi connectivity index (χ1) is 10.7. The lowest BCUT2D eigenvalue weighted by molar-refractivity contribution is -0.132. The molecule has 1 atom stereocenters. The van der Waals surface area contributed by atoms with Gasteiger partial charge in [-0.05, 0) is 30.5 Å². The van der Waals surface area contributed by atoms with Crippen LogP contribution < -0.4 is 5.32 Å². The molecule has 1 saturated heterocycles. The Hall–Kier alpha value is -1.88. The molecule has 23 heavy (non-hydrogen) atoms. The second-order valence-electron chi connectivity index (χ2n) is 7.26. The molecule has 1 aromatic carbocycles. The molecule has 0 bridgehead atoms. The molecule has 1 heterocycles. The van der Waals surface area contributed by atoms with Gasteiger partial charge in [-0.15, -0.1) is 0 Å². The number of imide groups is 1. The van der Waals surface area contributed by atoms with Crippen LogP contribution in [0.4, 0.5) is 4.79 Å². The van der Waals surface area contributed by atoms with Crippen molar-refractivity contribution < 1.29 is 9.59 Å². The van der Waals surface area contributed by atoms with Gasteiger partial charge in [-0.1, -0.05) is 45.0 Å². The monoisotopic (exact) mass is 317 g/mol. The first-order valence-electron chi connectivity index (χ1n) is 8.09. The third-order valence-electron chi connectivity index (χ3n) is 4.39. The Bertz CT molecular complexity index is 575. The summed E-state index contributed by atoms with van der Waals surface area (Å²) in [4.78, 5) is 27.3. The lowest BCUT2D eigenvalue weighted by Gasteiger charge is -2.27. The average molecular weight is 317 g/mol. The van der Waals surface area contributed by atoms with Crippen LogP contribution in [0.3, 0.4) is 0 Å². The minimum absolute atomic E-state index is 0.136. The van der Waals surface area contributed by atoms with E-state index in [1.807, 2.05) is 18.9 Å². The Morgan fingerprint density at radius 2 is 1.91 bits per heavy atom. The van der Waals surface area contributed by atoms with Crippen molar-refractivity contribution in [2.45, 2.75) is 45.7 Å². The number of carbonyl (C=O) groups is 2. The molecule has 0 aliphatic carbocycles. The molecule has 1 aliphatic heterocycles. The van der Waals surface area contributed by atoms with Crippen molar-refractivity contribution in [2.24, 2.45) is 0 Å². The van der Waals surface area contributed by atoms with Gasteiger partial charge >= 0.3 is 6.03 Å². The smallest absolute Gasteiger partial charge is 0.324 e. The van der Waals surface area contributed by atoms with Gasteiger partial charge in [-0.2, -0.15) is 0 Å². The number of urea groups is 1. The standard InChI is InChI=1S/C18H27N3O2/c1-13(16(22)21-11-10-19-17(21)23)20(5)12-14-6-8-15(9-7-14)18(2,3)4/h6-9,13H,10-12H2,1-5H3,(H,19,23)/t13-/m1/s1. The number of nitrogens with zero attached hydrogens (tertiary/aromatic N) is 2. The normalized spacial score (nSPS) is 16.6. The molecule has 1 N–H and O–H groups in total. The van der Waals surface area contributed by atoms with E-state index in [1.54, 1.807) is 0 Å². The van der Waals surface area contributed by atoms with Crippen molar-refractivity contribution in [3.63, 3.8) is 0 Å². The molecule has 1 aliphatic rings. The van der Waals surface area contributed by atoms with E-state index in [0.717, 1.165) is 5.56 Å². The van der Waals surface area contributed by atoms with Crippen LogP contribution in [0.1, 0.15) is 38.8 Å². The summed E-state index contributed by atoms with van der Waals surface area (Å²) < 4.78 is 0. The molecule has 3 amide bonds. The van der Waals surface area contributed by atoms with Gasteiger partial charge in [-0.25, -0.2) is 4.79 Å². The largest absolute Gasteiger partial charge is 0.336 e. The summed E-state index contributed by atoms with van der Waals surface area (Å²) in [6, 6.07) is 7.88. The fourth-order valence-electron chi connectivity index (χ4n) is 2.63. The number of hydrogen-bond donors (Lipinski definition) is 1. The van der Waals surface area contributed by atoms with Crippen molar-refractivity contribution in [2.75, 3.05) is 20.1 Å². The number of likely N-dealkylation sites (N-methyl/N-ethyl adjacent to an activating group) is 1. The Balaban J connectivity index is 1.99. The summed E-state index contributed by atoms with van der Waals surface area (Å²) in [5.41, 5.74) is 2.59. The average Bonchev–Trinajstić information content (AvgIpc) is 2.91. The second kappa shape index (κ2) is 6.71. The molecule has 0 spiro atoms. The van der Waals surface area contributed by atoms with E-state index < -0.39 is 0 Å². The molecule has 5 nitrogen and oxygen atoms in total. The summed E-state index contributed by atoms with van der Waals surface area (Å²) in [5, 5.41) is 2.66. The molecule has 0 saturated carbocycles. The molecule has 1 fully saturated rings. The summed E-state index contributed by atoms with van der Waals surface area (Å²) in [5.74, 6) is -0.145. The van der Waals surface area contributed by atoms with Gasteiger partial charge < -0.3 is 5.32 Å². The minimum atomic E-state index is -0.332. The lowest BCUT2D eigenvalue weighted by atomic mass is 9.87. The van der Waals surface area contributed by atoms with Crippen LogP contribution in [0, 0.1) is 0 Å². The first-order valence-corrected chi connectivity index (χ1v) is 8.09. The van der Waals surface area contributed by atoms with Crippen LogP contribution in [0.2, 0.25) is 0 Å². The van der Waals surface area contributed by atoms with Crippen molar-refractivity contribution in [3.05, 3.63) is 35.4 Å². The quantitative estimate of drug-likeness (QED) is 0.927. The van der Waals surface area contributed by atoms with Crippen molar-refractivity contribution in [1.29, 1.82) is 0 Å². The highest BCUT2D eigenvalue weighted by Gasteiger charge is 2.31. The van der Waals surface area contributed by atoms with Crippen LogP contribution in [-0.4, -0.2) is 47.9 Å². The number of carbonyl (C=O) groups excluding carboxylic acids is 2. The molecule has 126 valence electrons. The predicted octanol–water partition coefficient (Wildman–Crippen LogP) is 2.36. The number of nitrogens with one attached hydrogen (secondary N) is 1. The van der Waals surface area contributed by atoms with E-state index in [2.05, 4.69) is 50.4 Å². The summed E-state index contributed by atoms with van der Waals surface area (Å²) in [7, 11) is 1.91. The molecular formula is C18H27N3O2. The molecule has 0 unspecified atom stereocenters. The molecular weight excluding hydrogens is 290 g/mol. The van der Waals surface area contributed by atoms with E-state index >= 15 is 0 Å².